The number of anilines is 1. The van der Waals surface area contributed by atoms with Crippen LogP contribution >= 0.6 is 11.6 Å². The van der Waals surface area contributed by atoms with Crippen molar-refractivity contribution >= 4 is 17.3 Å². The summed E-state index contributed by atoms with van der Waals surface area (Å²) in [7, 11) is 1.53. The largest absolute Gasteiger partial charge is 0.504 e. The number of phenolic OH excluding ortho intramolecular Hbond substituents is 1. The summed E-state index contributed by atoms with van der Waals surface area (Å²) in [6.07, 6.45) is 0. The third kappa shape index (κ3) is 3.08. The van der Waals surface area contributed by atoms with E-state index in [1.807, 2.05) is 30.3 Å². The van der Waals surface area contributed by atoms with Crippen molar-refractivity contribution in [3.05, 3.63) is 53.1 Å². The first-order chi connectivity index (χ1) is 8.69. The molecule has 0 aliphatic rings. The van der Waals surface area contributed by atoms with Crippen LogP contribution < -0.4 is 10.1 Å². The van der Waals surface area contributed by atoms with Crippen LogP contribution in [0.2, 0.25) is 5.02 Å². The third-order valence-electron chi connectivity index (χ3n) is 2.56. The average molecular weight is 264 g/mol. The van der Waals surface area contributed by atoms with Crippen LogP contribution in [0.15, 0.2) is 42.5 Å². The topological polar surface area (TPSA) is 41.5 Å². The van der Waals surface area contributed by atoms with Gasteiger partial charge in [0.2, 0.25) is 0 Å². The molecule has 0 aliphatic heterocycles. The van der Waals surface area contributed by atoms with Gasteiger partial charge in [-0.25, -0.2) is 0 Å². The second-order valence-electron chi connectivity index (χ2n) is 3.87. The Hall–Kier alpha value is -1.87. The molecule has 2 aromatic carbocycles. The monoisotopic (exact) mass is 263 g/mol. The molecule has 18 heavy (non-hydrogen) atoms. The number of halogens is 1. The van der Waals surface area contributed by atoms with Gasteiger partial charge in [0, 0.05) is 17.3 Å². The van der Waals surface area contributed by atoms with Gasteiger partial charge in [0.15, 0.2) is 11.5 Å². The molecular formula is C14H14ClNO2. The predicted molar refractivity (Wildman–Crippen MR) is 73.4 cm³/mol. The first-order valence-corrected chi connectivity index (χ1v) is 5.92. The van der Waals surface area contributed by atoms with Gasteiger partial charge in [0.25, 0.3) is 0 Å². The van der Waals surface area contributed by atoms with E-state index in [4.69, 9.17) is 16.3 Å². The minimum atomic E-state index is 0.142. The van der Waals surface area contributed by atoms with E-state index >= 15 is 0 Å². The molecule has 0 aliphatic carbocycles. The fourth-order valence-electron chi connectivity index (χ4n) is 1.65. The molecule has 0 fully saturated rings. The number of phenols is 1. The van der Waals surface area contributed by atoms with Crippen molar-refractivity contribution in [3.63, 3.8) is 0 Å². The van der Waals surface area contributed by atoms with Crippen molar-refractivity contribution in [2.24, 2.45) is 0 Å². The van der Waals surface area contributed by atoms with Crippen molar-refractivity contribution in [1.82, 2.24) is 0 Å². The molecular weight excluding hydrogens is 250 g/mol. The maximum atomic E-state index is 9.66. The fourth-order valence-corrected chi connectivity index (χ4v) is 1.84. The predicted octanol–water partition coefficient (Wildman–Crippen LogP) is 3.67. The zero-order valence-electron chi connectivity index (χ0n) is 9.98. The van der Waals surface area contributed by atoms with Gasteiger partial charge in [0.1, 0.15) is 0 Å². The molecule has 0 aromatic heterocycles. The van der Waals surface area contributed by atoms with Crippen LogP contribution in [0.5, 0.6) is 11.5 Å². The Balaban J connectivity index is 2.04. The third-order valence-corrected chi connectivity index (χ3v) is 2.80. The number of benzene rings is 2. The highest BCUT2D eigenvalue weighted by molar-refractivity contribution is 6.30. The number of hydrogen-bond acceptors (Lipinski definition) is 3. The van der Waals surface area contributed by atoms with Gasteiger partial charge in [-0.15, -0.1) is 0 Å². The molecule has 4 heteroatoms. The smallest absolute Gasteiger partial charge is 0.160 e. The number of rotatable bonds is 4. The Morgan fingerprint density at radius 3 is 2.72 bits per heavy atom. The minimum absolute atomic E-state index is 0.142. The molecule has 0 radical (unpaired) electrons. The standard InChI is InChI=1S/C14H14ClNO2/c1-18-14-6-5-10(7-13(14)17)9-16-12-4-2-3-11(15)8-12/h2-8,16-17H,9H2,1H3. The van der Waals surface area contributed by atoms with Crippen molar-refractivity contribution in [3.8, 4) is 11.5 Å². The van der Waals surface area contributed by atoms with Crippen LogP contribution in [0.25, 0.3) is 0 Å². The Bertz CT molecular complexity index is 543. The zero-order valence-corrected chi connectivity index (χ0v) is 10.7. The zero-order chi connectivity index (χ0) is 13.0. The van der Waals surface area contributed by atoms with Crippen LogP contribution in [0.1, 0.15) is 5.56 Å². The summed E-state index contributed by atoms with van der Waals surface area (Å²) < 4.78 is 4.99. The van der Waals surface area contributed by atoms with Gasteiger partial charge in [-0.2, -0.15) is 0 Å². The normalized spacial score (nSPS) is 10.1. The van der Waals surface area contributed by atoms with Gasteiger partial charge >= 0.3 is 0 Å². The number of ether oxygens (including phenoxy) is 1. The summed E-state index contributed by atoms with van der Waals surface area (Å²) in [5.74, 6) is 0.615. The number of hydrogen-bond donors (Lipinski definition) is 2. The highest BCUT2D eigenvalue weighted by atomic mass is 35.5. The van der Waals surface area contributed by atoms with Crippen molar-refractivity contribution in [2.45, 2.75) is 6.54 Å². The lowest BCUT2D eigenvalue weighted by atomic mass is 10.2. The van der Waals surface area contributed by atoms with Crippen molar-refractivity contribution < 1.29 is 9.84 Å². The summed E-state index contributed by atoms with van der Waals surface area (Å²) in [6, 6.07) is 12.8. The molecule has 94 valence electrons. The first-order valence-electron chi connectivity index (χ1n) is 5.54. The van der Waals surface area contributed by atoms with E-state index in [-0.39, 0.29) is 5.75 Å². The number of aromatic hydroxyl groups is 1. The Labute approximate surface area is 111 Å². The fraction of sp³-hybridized carbons (Fsp3) is 0.143. The molecule has 0 atom stereocenters. The molecule has 3 nitrogen and oxygen atoms in total. The van der Waals surface area contributed by atoms with Gasteiger partial charge in [-0.3, -0.25) is 0 Å². The van der Waals surface area contributed by atoms with Gasteiger partial charge in [-0.1, -0.05) is 23.7 Å². The second-order valence-corrected chi connectivity index (χ2v) is 4.31. The van der Waals surface area contributed by atoms with E-state index in [1.165, 1.54) is 7.11 Å². The summed E-state index contributed by atoms with van der Waals surface area (Å²) in [6.45, 7) is 0.609. The van der Waals surface area contributed by atoms with Crippen molar-refractivity contribution in [2.75, 3.05) is 12.4 Å². The lowest BCUT2D eigenvalue weighted by molar-refractivity contribution is 0.373. The number of methoxy groups -OCH3 is 1. The van der Waals surface area contributed by atoms with Gasteiger partial charge in [-0.05, 0) is 35.9 Å². The Morgan fingerprint density at radius 1 is 1.22 bits per heavy atom. The quantitative estimate of drug-likeness (QED) is 0.884. The average Bonchev–Trinajstić information content (AvgIpc) is 2.37. The summed E-state index contributed by atoms with van der Waals surface area (Å²) in [5, 5.41) is 13.6. The van der Waals surface area contributed by atoms with Crippen LogP contribution in [0.4, 0.5) is 5.69 Å². The van der Waals surface area contributed by atoms with Crippen LogP contribution in [0.3, 0.4) is 0 Å². The molecule has 2 aromatic rings. The minimum Gasteiger partial charge on any atom is -0.504 e. The van der Waals surface area contributed by atoms with E-state index in [0.717, 1.165) is 11.3 Å². The van der Waals surface area contributed by atoms with Crippen LogP contribution in [0, 0.1) is 0 Å². The Kier molecular flexibility index (Phi) is 3.95. The molecule has 0 heterocycles. The molecule has 0 saturated carbocycles. The molecule has 0 bridgehead atoms. The first kappa shape index (κ1) is 12.6. The van der Waals surface area contributed by atoms with Gasteiger partial charge in [0.05, 0.1) is 7.11 Å². The summed E-state index contributed by atoms with van der Waals surface area (Å²) >= 11 is 5.89. The number of nitrogens with one attached hydrogen (secondary N) is 1. The van der Waals surface area contributed by atoms with Gasteiger partial charge < -0.3 is 15.2 Å². The Morgan fingerprint density at radius 2 is 2.06 bits per heavy atom. The molecule has 2 rings (SSSR count). The highest BCUT2D eigenvalue weighted by Gasteiger charge is 2.02. The van der Waals surface area contributed by atoms with E-state index in [2.05, 4.69) is 5.32 Å². The lowest BCUT2D eigenvalue weighted by Gasteiger charge is -2.09. The summed E-state index contributed by atoms with van der Waals surface area (Å²) in [5.41, 5.74) is 1.91. The summed E-state index contributed by atoms with van der Waals surface area (Å²) in [4.78, 5) is 0. The van der Waals surface area contributed by atoms with Crippen molar-refractivity contribution in [1.29, 1.82) is 0 Å². The van der Waals surface area contributed by atoms with E-state index in [1.54, 1.807) is 12.1 Å². The molecule has 0 unspecified atom stereocenters. The highest BCUT2D eigenvalue weighted by Crippen LogP contribution is 2.26. The molecule has 0 spiro atoms. The maximum Gasteiger partial charge on any atom is 0.160 e. The van der Waals surface area contributed by atoms with E-state index in [0.29, 0.717) is 17.3 Å². The van der Waals surface area contributed by atoms with Crippen LogP contribution in [-0.2, 0) is 6.54 Å². The lowest BCUT2D eigenvalue weighted by Crippen LogP contribution is -1.99. The second kappa shape index (κ2) is 5.65. The molecule has 0 amide bonds. The van der Waals surface area contributed by atoms with Crippen LogP contribution in [-0.4, -0.2) is 12.2 Å². The maximum absolute atomic E-state index is 9.66. The molecule has 2 N–H and O–H groups in total. The van der Waals surface area contributed by atoms with E-state index in [9.17, 15) is 5.11 Å². The van der Waals surface area contributed by atoms with E-state index < -0.39 is 0 Å². The molecule has 0 saturated heterocycles. The SMILES string of the molecule is COc1ccc(CNc2cccc(Cl)c2)cc1O.